The Bertz CT molecular complexity index is 613. The van der Waals surface area contributed by atoms with E-state index in [9.17, 15) is 14.4 Å². The van der Waals surface area contributed by atoms with Gasteiger partial charge in [-0.25, -0.2) is 0 Å². The van der Waals surface area contributed by atoms with E-state index in [-0.39, 0.29) is 11.5 Å². The van der Waals surface area contributed by atoms with Crippen LogP contribution in [0.4, 0.5) is 5.69 Å². The third-order valence-electron chi connectivity index (χ3n) is 2.60. The van der Waals surface area contributed by atoms with Gasteiger partial charge in [-0.2, -0.15) is 0 Å². The molecule has 0 spiro atoms. The number of Topliss-reactive ketones (excluding diaryl/α,β-unsaturated/α-hetero) is 2. The maximum absolute atomic E-state index is 11.7. The van der Waals surface area contributed by atoms with Gasteiger partial charge in [0.1, 0.15) is 0 Å². The molecule has 1 aromatic heterocycles. The molecule has 0 radical (unpaired) electrons. The van der Waals surface area contributed by atoms with Gasteiger partial charge in [-0.15, -0.1) is 0 Å². The number of carbonyl (C=O) groups is 3. The van der Waals surface area contributed by atoms with E-state index in [1.165, 1.54) is 13.0 Å². The quantitative estimate of drug-likeness (QED) is 0.649. The fraction of sp³-hybridized carbons (Fsp3) is 0.0714. The lowest BCUT2D eigenvalue weighted by molar-refractivity contribution is -0.112. The standard InChI is InChI=1S/C14H12N2O3/c1-9(17)10-4-6-11(7-5-10)16-14(19)13(18)12-3-2-8-15-12/h2-8,15H,1H3,(H,16,19). The number of hydrogen-bond acceptors (Lipinski definition) is 3. The monoisotopic (exact) mass is 256 g/mol. The molecule has 0 aliphatic carbocycles. The van der Waals surface area contributed by atoms with Gasteiger partial charge in [-0.3, -0.25) is 14.4 Å². The summed E-state index contributed by atoms with van der Waals surface area (Å²) in [4.78, 5) is 37.1. The van der Waals surface area contributed by atoms with Crippen LogP contribution >= 0.6 is 0 Å². The van der Waals surface area contributed by atoms with Gasteiger partial charge in [0.05, 0.1) is 5.69 Å². The summed E-state index contributed by atoms with van der Waals surface area (Å²) in [5.41, 5.74) is 1.25. The van der Waals surface area contributed by atoms with Crippen LogP contribution in [0.1, 0.15) is 27.8 Å². The molecule has 1 aromatic carbocycles. The SMILES string of the molecule is CC(=O)c1ccc(NC(=O)C(=O)c2ccc[nH]2)cc1. The van der Waals surface area contributed by atoms with Crippen LogP contribution in [0.5, 0.6) is 0 Å². The molecule has 5 nitrogen and oxygen atoms in total. The Kier molecular flexibility index (Phi) is 3.56. The zero-order chi connectivity index (χ0) is 13.8. The molecule has 1 amide bonds. The highest BCUT2D eigenvalue weighted by Crippen LogP contribution is 2.10. The summed E-state index contributed by atoms with van der Waals surface area (Å²) in [6.07, 6.45) is 1.57. The summed E-state index contributed by atoms with van der Waals surface area (Å²) in [6, 6.07) is 9.52. The number of rotatable bonds is 4. The lowest BCUT2D eigenvalue weighted by Gasteiger charge is -2.04. The minimum absolute atomic E-state index is 0.0552. The molecule has 0 aliphatic rings. The number of carbonyl (C=O) groups excluding carboxylic acids is 3. The van der Waals surface area contributed by atoms with Crippen LogP contribution in [0.15, 0.2) is 42.6 Å². The van der Waals surface area contributed by atoms with Gasteiger partial charge in [-0.1, -0.05) is 0 Å². The van der Waals surface area contributed by atoms with Crippen LogP contribution in [-0.4, -0.2) is 22.5 Å². The van der Waals surface area contributed by atoms with E-state index >= 15 is 0 Å². The van der Waals surface area contributed by atoms with Gasteiger partial charge in [0, 0.05) is 17.4 Å². The van der Waals surface area contributed by atoms with E-state index in [1.54, 1.807) is 36.5 Å². The molecular formula is C14H12N2O3. The Labute approximate surface area is 109 Å². The van der Waals surface area contributed by atoms with Crippen molar-refractivity contribution in [3.63, 3.8) is 0 Å². The summed E-state index contributed by atoms with van der Waals surface area (Å²) >= 11 is 0. The van der Waals surface area contributed by atoms with E-state index in [0.717, 1.165) is 0 Å². The molecule has 0 fully saturated rings. The average molecular weight is 256 g/mol. The zero-order valence-electron chi connectivity index (χ0n) is 10.3. The largest absolute Gasteiger partial charge is 0.358 e. The van der Waals surface area contributed by atoms with Crippen molar-refractivity contribution >= 4 is 23.2 Å². The van der Waals surface area contributed by atoms with Crippen LogP contribution in [0, 0.1) is 0 Å². The molecule has 0 aliphatic heterocycles. The van der Waals surface area contributed by atoms with E-state index in [1.807, 2.05) is 0 Å². The predicted molar refractivity (Wildman–Crippen MR) is 70.2 cm³/mol. The second-order valence-corrected chi connectivity index (χ2v) is 4.00. The first-order valence-electron chi connectivity index (χ1n) is 5.68. The van der Waals surface area contributed by atoms with Gasteiger partial charge in [0.15, 0.2) is 5.78 Å². The number of aromatic amines is 1. The highest BCUT2D eigenvalue weighted by atomic mass is 16.2. The number of amides is 1. The van der Waals surface area contributed by atoms with Crippen molar-refractivity contribution in [2.45, 2.75) is 6.92 Å². The molecule has 0 unspecified atom stereocenters. The summed E-state index contributed by atoms with van der Waals surface area (Å²) < 4.78 is 0. The second-order valence-electron chi connectivity index (χ2n) is 4.00. The van der Waals surface area contributed by atoms with Crippen molar-refractivity contribution in [3.8, 4) is 0 Å². The fourth-order valence-electron chi connectivity index (χ4n) is 1.57. The van der Waals surface area contributed by atoms with Gasteiger partial charge in [0.25, 0.3) is 11.7 Å². The first kappa shape index (κ1) is 12.8. The number of benzene rings is 1. The number of H-pyrrole nitrogens is 1. The Morgan fingerprint density at radius 1 is 1.05 bits per heavy atom. The third-order valence-corrected chi connectivity index (χ3v) is 2.60. The molecule has 19 heavy (non-hydrogen) atoms. The molecule has 0 atom stereocenters. The molecule has 96 valence electrons. The summed E-state index contributed by atoms with van der Waals surface area (Å²) in [5.74, 6) is -1.42. The average Bonchev–Trinajstić information content (AvgIpc) is 2.92. The summed E-state index contributed by atoms with van der Waals surface area (Å²) in [6.45, 7) is 1.46. The molecule has 1 heterocycles. The van der Waals surface area contributed by atoms with Crippen molar-refractivity contribution in [1.29, 1.82) is 0 Å². The molecule has 2 rings (SSSR count). The van der Waals surface area contributed by atoms with Crippen molar-refractivity contribution in [1.82, 2.24) is 4.98 Å². The Morgan fingerprint density at radius 3 is 2.26 bits per heavy atom. The van der Waals surface area contributed by atoms with E-state index in [4.69, 9.17) is 0 Å². The molecular weight excluding hydrogens is 244 g/mol. The maximum Gasteiger partial charge on any atom is 0.298 e. The van der Waals surface area contributed by atoms with Crippen molar-refractivity contribution < 1.29 is 14.4 Å². The van der Waals surface area contributed by atoms with E-state index in [2.05, 4.69) is 10.3 Å². The van der Waals surface area contributed by atoms with Crippen LogP contribution in [-0.2, 0) is 4.79 Å². The predicted octanol–water partition coefficient (Wildman–Crippen LogP) is 2.04. The second kappa shape index (κ2) is 5.30. The molecule has 0 saturated carbocycles. The zero-order valence-corrected chi connectivity index (χ0v) is 10.3. The van der Waals surface area contributed by atoms with Gasteiger partial charge in [0.2, 0.25) is 0 Å². The van der Waals surface area contributed by atoms with Crippen molar-refractivity contribution in [2.75, 3.05) is 5.32 Å². The number of ketones is 2. The first-order chi connectivity index (χ1) is 9.08. The van der Waals surface area contributed by atoms with E-state index < -0.39 is 11.7 Å². The lowest BCUT2D eigenvalue weighted by atomic mass is 10.1. The third kappa shape index (κ3) is 2.95. The molecule has 2 N–H and O–H groups in total. The first-order valence-corrected chi connectivity index (χ1v) is 5.68. The normalized spacial score (nSPS) is 9.95. The van der Waals surface area contributed by atoms with E-state index in [0.29, 0.717) is 11.3 Å². The van der Waals surface area contributed by atoms with Crippen LogP contribution < -0.4 is 5.32 Å². The minimum Gasteiger partial charge on any atom is -0.358 e. The Hall–Kier alpha value is -2.69. The molecule has 0 saturated heterocycles. The number of nitrogens with one attached hydrogen (secondary N) is 2. The fourth-order valence-corrected chi connectivity index (χ4v) is 1.57. The molecule has 0 bridgehead atoms. The summed E-state index contributed by atoms with van der Waals surface area (Å²) in [7, 11) is 0. The van der Waals surface area contributed by atoms with Gasteiger partial charge in [-0.05, 0) is 43.3 Å². The van der Waals surface area contributed by atoms with Crippen LogP contribution in [0.3, 0.4) is 0 Å². The highest BCUT2D eigenvalue weighted by Gasteiger charge is 2.16. The Morgan fingerprint density at radius 2 is 1.74 bits per heavy atom. The van der Waals surface area contributed by atoms with Crippen LogP contribution in [0.25, 0.3) is 0 Å². The number of hydrogen-bond donors (Lipinski definition) is 2. The highest BCUT2D eigenvalue weighted by molar-refractivity contribution is 6.46. The maximum atomic E-state index is 11.7. The number of anilines is 1. The Balaban J connectivity index is 2.07. The molecule has 2 aromatic rings. The van der Waals surface area contributed by atoms with Crippen molar-refractivity contribution in [2.24, 2.45) is 0 Å². The van der Waals surface area contributed by atoms with Crippen LogP contribution in [0.2, 0.25) is 0 Å². The number of aromatic nitrogens is 1. The topological polar surface area (TPSA) is 79.0 Å². The smallest absolute Gasteiger partial charge is 0.298 e. The minimum atomic E-state index is -0.724. The lowest BCUT2D eigenvalue weighted by Crippen LogP contribution is -2.23. The summed E-state index contributed by atoms with van der Waals surface area (Å²) in [5, 5.41) is 2.48. The van der Waals surface area contributed by atoms with Gasteiger partial charge < -0.3 is 10.3 Å². The molecule has 5 heteroatoms. The van der Waals surface area contributed by atoms with Gasteiger partial charge >= 0.3 is 0 Å². The van der Waals surface area contributed by atoms with Crippen molar-refractivity contribution in [3.05, 3.63) is 53.9 Å².